The molecule has 0 saturated carbocycles. The van der Waals surface area contributed by atoms with Crippen LogP contribution in [0.2, 0.25) is 0 Å². The average molecular weight is 268 g/mol. The lowest BCUT2D eigenvalue weighted by Gasteiger charge is -2.31. The Morgan fingerprint density at radius 3 is 2.50 bits per heavy atom. The van der Waals surface area contributed by atoms with Crippen LogP contribution in [0.25, 0.3) is 10.8 Å². The highest BCUT2D eigenvalue weighted by atomic mass is 15.1. The molecule has 0 unspecified atom stereocenters. The number of piperidine rings is 1. The molecule has 2 nitrogen and oxygen atoms in total. The fourth-order valence-electron chi connectivity index (χ4n) is 3.31. The van der Waals surface area contributed by atoms with E-state index in [1.54, 1.807) is 0 Å². The van der Waals surface area contributed by atoms with Gasteiger partial charge in [-0.2, -0.15) is 0 Å². The molecule has 0 aromatic heterocycles. The number of nitrogens with two attached hydrogens (primary N) is 1. The van der Waals surface area contributed by atoms with E-state index in [9.17, 15) is 0 Å². The van der Waals surface area contributed by atoms with Crippen LogP contribution < -0.4 is 5.73 Å². The maximum Gasteiger partial charge on any atom is 0.0105 e. The van der Waals surface area contributed by atoms with Gasteiger partial charge >= 0.3 is 0 Å². The molecule has 106 valence electrons. The molecular weight excluding hydrogens is 244 g/mol. The molecule has 2 aromatic rings. The highest BCUT2D eigenvalue weighted by Crippen LogP contribution is 2.30. The predicted molar refractivity (Wildman–Crippen MR) is 86.2 cm³/mol. The minimum atomic E-state index is 0.717. The standard InChI is InChI=1S/C18H24N2/c1-14-2-3-18-13-17(5-4-16(18)12-14)15-6-9-20(10-7-15)11-8-19/h2-5,12-13,15H,6-11,19H2,1H3. The number of benzene rings is 2. The zero-order chi connectivity index (χ0) is 13.9. The van der Waals surface area contributed by atoms with Gasteiger partial charge in [0.25, 0.3) is 0 Å². The van der Waals surface area contributed by atoms with Gasteiger partial charge in [0, 0.05) is 13.1 Å². The summed E-state index contributed by atoms with van der Waals surface area (Å²) < 4.78 is 0. The van der Waals surface area contributed by atoms with Gasteiger partial charge in [-0.3, -0.25) is 0 Å². The first-order valence-corrected chi connectivity index (χ1v) is 7.69. The molecule has 0 bridgehead atoms. The van der Waals surface area contributed by atoms with Crippen molar-refractivity contribution in [1.29, 1.82) is 0 Å². The van der Waals surface area contributed by atoms with Crippen molar-refractivity contribution in [3.63, 3.8) is 0 Å². The van der Waals surface area contributed by atoms with Crippen LogP contribution in [0.5, 0.6) is 0 Å². The van der Waals surface area contributed by atoms with Crippen LogP contribution in [0.15, 0.2) is 36.4 Å². The molecule has 0 aliphatic carbocycles. The summed E-state index contributed by atoms with van der Waals surface area (Å²) in [4.78, 5) is 2.49. The monoisotopic (exact) mass is 268 g/mol. The first-order chi connectivity index (χ1) is 9.76. The van der Waals surface area contributed by atoms with Crippen molar-refractivity contribution in [3.8, 4) is 0 Å². The number of aryl methyl sites for hydroxylation is 1. The van der Waals surface area contributed by atoms with Crippen LogP contribution in [0.4, 0.5) is 0 Å². The molecule has 3 rings (SSSR count). The van der Waals surface area contributed by atoms with Crippen LogP contribution in [0.1, 0.15) is 29.9 Å². The Kier molecular flexibility index (Phi) is 4.04. The third kappa shape index (κ3) is 2.87. The number of fused-ring (bicyclic) bond motifs is 1. The summed E-state index contributed by atoms with van der Waals surface area (Å²) in [6.07, 6.45) is 2.52. The van der Waals surface area contributed by atoms with Crippen molar-refractivity contribution >= 4 is 10.8 Å². The first-order valence-electron chi connectivity index (χ1n) is 7.69. The van der Waals surface area contributed by atoms with Crippen molar-refractivity contribution in [2.24, 2.45) is 5.73 Å². The van der Waals surface area contributed by atoms with Gasteiger partial charge in [0.05, 0.1) is 0 Å². The Morgan fingerprint density at radius 2 is 1.75 bits per heavy atom. The molecule has 1 aliphatic heterocycles. The maximum atomic E-state index is 5.64. The average Bonchev–Trinajstić information content (AvgIpc) is 2.48. The summed E-state index contributed by atoms with van der Waals surface area (Å²) in [5.41, 5.74) is 8.48. The Hall–Kier alpha value is -1.38. The van der Waals surface area contributed by atoms with E-state index in [0.717, 1.165) is 19.0 Å². The van der Waals surface area contributed by atoms with E-state index in [2.05, 4.69) is 48.2 Å². The normalized spacial score (nSPS) is 17.7. The first kappa shape index (κ1) is 13.6. The Bertz CT molecular complexity index is 583. The second kappa shape index (κ2) is 5.94. The highest BCUT2D eigenvalue weighted by Gasteiger charge is 2.20. The van der Waals surface area contributed by atoms with E-state index >= 15 is 0 Å². The largest absolute Gasteiger partial charge is 0.329 e. The number of hydrogen-bond donors (Lipinski definition) is 1. The molecule has 2 N–H and O–H groups in total. The lowest BCUT2D eigenvalue weighted by Crippen LogP contribution is -2.36. The zero-order valence-electron chi connectivity index (χ0n) is 12.3. The summed E-state index contributed by atoms with van der Waals surface area (Å²) in [5, 5.41) is 2.73. The molecule has 2 aromatic carbocycles. The summed E-state index contributed by atoms with van der Waals surface area (Å²) in [7, 11) is 0. The zero-order valence-corrected chi connectivity index (χ0v) is 12.3. The molecule has 1 saturated heterocycles. The maximum absolute atomic E-state index is 5.64. The highest BCUT2D eigenvalue weighted by molar-refractivity contribution is 5.83. The van der Waals surface area contributed by atoms with Crippen molar-refractivity contribution in [1.82, 2.24) is 4.90 Å². The van der Waals surface area contributed by atoms with Gasteiger partial charge in [0.1, 0.15) is 0 Å². The summed E-state index contributed by atoms with van der Waals surface area (Å²) >= 11 is 0. The van der Waals surface area contributed by atoms with Crippen LogP contribution in [0.3, 0.4) is 0 Å². The van der Waals surface area contributed by atoms with Crippen molar-refractivity contribution < 1.29 is 0 Å². The number of hydrogen-bond acceptors (Lipinski definition) is 2. The van der Waals surface area contributed by atoms with E-state index < -0.39 is 0 Å². The van der Waals surface area contributed by atoms with Crippen LogP contribution in [0, 0.1) is 6.92 Å². The lowest BCUT2D eigenvalue weighted by molar-refractivity contribution is 0.218. The van der Waals surface area contributed by atoms with Crippen LogP contribution >= 0.6 is 0 Å². The van der Waals surface area contributed by atoms with Gasteiger partial charge < -0.3 is 10.6 Å². The van der Waals surface area contributed by atoms with Crippen molar-refractivity contribution in [3.05, 3.63) is 47.5 Å². The Balaban J connectivity index is 1.76. The summed E-state index contributed by atoms with van der Waals surface area (Å²) in [5.74, 6) is 0.717. The molecule has 0 amide bonds. The molecule has 20 heavy (non-hydrogen) atoms. The predicted octanol–water partition coefficient (Wildman–Crippen LogP) is 3.29. The third-order valence-electron chi connectivity index (χ3n) is 4.52. The van der Waals surface area contributed by atoms with Gasteiger partial charge in [0.2, 0.25) is 0 Å². The fourth-order valence-corrected chi connectivity index (χ4v) is 3.31. The summed E-state index contributed by atoms with van der Waals surface area (Å²) in [6.45, 7) is 6.35. The van der Waals surface area contributed by atoms with Gasteiger partial charge in [-0.15, -0.1) is 0 Å². The smallest absolute Gasteiger partial charge is 0.0105 e. The van der Waals surface area contributed by atoms with Crippen LogP contribution in [-0.4, -0.2) is 31.1 Å². The minimum absolute atomic E-state index is 0.717. The molecule has 0 radical (unpaired) electrons. The molecule has 0 spiro atoms. The van der Waals surface area contributed by atoms with E-state index in [-0.39, 0.29) is 0 Å². The van der Waals surface area contributed by atoms with Crippen LogP contribution in [-0.2, 0) is 0 Å². The third-order valence-corrected chi connectivity index (χ3v) is 4.52. The van der Waals surface area contributed by atoms with E-state index in [4.69, 9.17) is 5.73 Å². The molecular formula is C18H24N2. The second-order valence-electron chi connectivity index (χ2n) is 6.01. The fraction of sp³-hybridized carbons (Fsp3) is 0.444. The van der Waals surface area contributed by atoms with Gasteiger partial charge in [-0.05, 0) is 55.1 Å². The SMILES string of the molecule is Cc1ccc2cc(C3CCN(CCN)CC3)ccc2c1. The molecule has 1 heterocycles. The number of rotatable bonds is 3. The topological polar surface area (TPSA) is 29.3 Å². The lowest BCUT2D eigenvalue weighted by atomic mass is 9.88. The van der Waals surface area contributed by atoms with E-state index in [1.807, 2.05) is 0 Å². The molecule has 2 heteroatoms. The minimum Gasteiger partial charge on any atom is -0.329 e. The Morgan fingerprint density at radius 1 is 1.05 bits per heavy atom. The second-order valence-corrected chi connectivity index (χ2v) is 6.01. The van der Waals surface area contributed by atoms with Crippen molar-refractivity contribution in [2.45, 2.75) is 25.7 Å². The Labute approximate surface area is 121 Å². The number of likely N-dealkylation sites (tertiary alicyclic amines) is 1. The summed E-state index contributed by atoms with van der Waals surface area (Å²) in [6, 6.07) is 13.7. The number of nitrogens with zero attached hydrogens (tertiary/aromatic N) is 1. The van der Waals surface area contributed by atoms with Gasteiger partial charge in [0.15, 0.2) is 0 Å². The van der Waals surface area contributed by atoms with Gasteiger partial charge in [-0.1, -0.05) is 42.0 Å². The van der Waals surface area contributed by atoms with E-state index in [1.165, 1.54) is 47.8 Å². The van der Waals surface area contributed by atoms with Crippen molar-refractivity contribution in [2.75, 3.05) is 26.2 Å². The van der Waals surface area contributed by atoms with Gasteiger partial charge in [-0.25, -0.2) is 0 Å². The molecule has 1 aliphatic rings. The molecule has 0 atom stereocenters. The van der Waals surface area contributed by atoms with E-state index in [0.29, 0.717) is 0 Å². The molecule has 1 fully saturated rings. The quantitative estimate of drug-likeness (QED) is 0.925.